The van der Waals surface area contributed by atoms with Gasteiger partial charge < -0.3 is 10.5 Å². The van der Waals surface area contributed by atoms with Gasteiger partial charge in [0, 0.05) is 6.61 Å². The Balaban J connectivity index is 2.05. The molecule has 2 fully saturated rings. The highest BCUT2D eigenvalue weighted by atomic mass is 32.2. The minimum atomic E-state index is -3.48. The molecule has 0 radical (unpaired) electrons. The largest absolute Gasteiger partial charge is 0.386 e. The third-order valence-corrected chi connectivity index (χ3v) is 5.94. The summed E-state index contributed by atoms with van der Waals surface area (Å²) in [6.45, 7) is 2.78. The first-order valence-corrected chi connectivity index (χ1v) is 8.96. The van der Waals surface area contributed by atoms with Crippen LogP contribution < -0.4 is 10.5 Å². The second kappa shape index (κ2) is 5.99. The first-order chi connectivity index (χ1) is 9.33. The Morgan fingerprint density at radius 1 is 1.40 bits per heavy atom. The fourth-order valence-corrected chi connectivity index (χ4v) is 4.79. The Morgan fingerprint density at radius 3 is 2.55 bits per heavy atom. The lowest BCUT2D eigenvalue weighted by Gasteiger charge is -2.38. The van der Waals surface area contributed by atoms with Gasteiger partial charge in [-0.25, -0.2) is 13.1 Å². The summed E-state index contributed by atoms with van der Waals surface area (Å²) in [7, 11) is -3.48. The number of ether oxygens (including phenoxy) is 1. The molecular formula is C13H25N3O3S. The summed E-state index contributed by atoms with van der Waals surface area (Å²) in [5.74, 6) is 0.461. The van der Waals surface area contributed by atoms with Crippen LogP contribution in [0, 0.1) is 11.3 Å². The maximum Gasteiger partial charge on any atom is 0.215 e. The molecule has 0 aromatic carbocycles. The van der Waals surface area contributed by atoms with E-state index in [2.05, 4.69) is 11.6 Å². The molecule has 1 saturated heterocycles. The van der Waals surface area contributed by atoms with Gasteiger partial charge in [-0.15, -0.1) is 0 Å². The van der Waals surface area contributed by atoms with Crippen LogP contribution in [0.2, 0.25) is 0 Å². The summed E-state index contributed by atoms with van der Waals surface area (Å²) in [4.78, 5) is 0. The van der Waals surface area contributed by atoms with E-state index in [-0.39, 0.29) is 17.7 Å². The minimum absolute atomic E-state index is 0.0302. The number of sulfonamides is 1. The average molecular weight is 303 g/mol. The van der Waals surface area contributed by atoms with E-state index in [0.717, 1.165) is 25.7 Å². The van der Waals surface area contributed by atoms with Gasteiger partial charge in [-0.05, 0) is 44.4 Å². The highest BCUT2D eigenvalue weighted by molar-refractivity contribution is 7.89. The van der Waals surface area contributed by atoms with Gasteiger partial charge in [0.2, 0.25) is 10.0 Å². The molecule has 0 aromatic rings. The molecule has 20 heavy (non-hydrogen) atoms. The molecule has 1 heterocycles. The van der Waals surface area contributed by atoms with Crippen LogP contribution in [-0.4, -0.2) is 38.3 Å². The summed E-state index contributed by atoms with van der Waals surface area (Å²) in [6, 6.07) is 0. The molecule has 1 saturated carbocycles. The van der Waals surface area contributed by atoms with Crippen LogP contribution in [0.3, 0.4) is 0 Å². The summed E-state index contributed by atoms with van der Waals surface area (Å²) in [5.41, 5.74) is 4.80. The van der Waals surface area contributed by atoms with Gasteiger partial charge in [0.1, 0.15) is 5.84 Å². The molecule has 1 aliphatic carbocycles. The highest BCUT2D eigenvalue weighted by Gasteiger charge is 2.41. The Morgan fingerprint density at radius 2 is 2.05 bits per heavy atom. The van der Waals surface area contributed by atoms with Gasteiger partial charge >= 0.3 is 0 Å². The molecule has 6 nitrogen and oxygen atoms in total. The van der Waals surface area contributed by atoms with E-state index in [9.17, 15) is 8.42 Å². The molecule has 7 heteroatoms. The van der Waals surface area contributed by atoms with E-state index < -0.39 is 15.6 Å². The third kappa shape index (κ3) is 3.71. The van der Waals surface area contributed by atoms with Gasteiger partial charge in [-0.1, -0.05) is 6.92 Å². The summed E-state index contributed by atoms with van der Waals surface area (Å²) < 4.78 is 32.7. The van der Waals surface area contributed by atoms with Gasteiger partial charge in [0.25, 0.3) is 0 Å². The fraction of sp³-hybridized carbons (Fsp3) is 0.923. The van der Waals surface area contributed by atoms with Crippen molar-refractivity contribution in [2.75, 3.05) is 12.4 Å². The molecule has 0 spiro atoms. The Bertz CT molecular complexity index is 449. The zero-order valence-electron chi connectivity index (χ0n) is 12.0. The van der Waals surface area contributed by atoms with Crippen LogP contribution in [0.4, 0.5) is 0 Å². The fourth-order valence-electron chi connectivity index (χ4n) is 3.04. The van der Waals surface area contributed by atoms with Gasteiger partial charge in [0.15, 0.2) is 0 Å². The number of hydrogen-bond acceptors (Lipinski definition) is 4. The number of hydrogen-bond donors (Lipinski definition) is 3. The second-order valence-corrected chi connectivity index (χ2v) is 7.96. The van der Waals surface area contributed by atoms with Crippen molar-refractivity contribution >= 4 is 15.9 Å². The van der Waals surface area contributed by atoms with Crippen LogP contribution in [0.5, 0.6) is 0 Å². The molecule has 2 rings (SSSR count). The molecule has 4 N–H and O–H groups in total. The molecule has 0 bridgehead atoms. The van der Waals surface area contributed by atoms with E-state index in [4.69, 9.17) is 15.9 Å². The summed E-state index contributed by atoms with van der Waals surface area (Å²) in [6.07, 6.45) is 4.46. The van der Waals surface area contributed by atoms with E-state index in [1.54, 1.807) is 0 Å². The van der Waals surface area contributed by atoms with Crippen molar-refractivity contribution in [3.63, 3.8) is 0 Å². The van der Waals surface area contributed by atoms with Crippen molar-refractivity contribution in [3.05, 3.63) is 0 Å². The predicted octanol–water partition coefficient (Wildman–Crippen LogP) is 0.970. The van der Waals surface area contributed by atoms with Crippen molar-refractivity contribution in [2.45, 2.75) is 57.1 Å². The lowest BCUT2D eigenvalue weighted by Crippen LogP contribution is -2.59. The molecular weight excluding hydrogens is 278 g/mol. The molecule has 116 valence electrons. The lowest BCUT2D eigenvalue weighted by molar-refractivity contribution is 0.127. The summed E-state index contributed by atoms with van der Waals surface area (Å²) in [5, 5.41) is 7.79. The van der Waals surface area contributed by atoms with Crippen LogP contribution in [0.1, 0.15) is 45.4 Å². The number of rotatable bonds is 5. The Hall–Kier alpha value is -0.660. The quantitative estimate of drug-likeness (QED) is 0.520. The van der Waals surface area contributed by atoms with Gasteiger partial charge in [-0.2, -0.15) is 0 Å². The monoisotopic (exact) mass is 303 g/mol. The van der Waals surface area contributed by atoms with Crippen LogP contribution >= 0.6 is 0 Å². The SMILES string of the molecule is CC1CCC(NS(=O)(=O)CC2CCCO2)(C(=N)N)CC1. The first kappa shape index (κ1) is 15.7. The molecule has 2 aliphatic rings. The van der Waals surface area contributed by atoms with Crippen molar-refractivity contribution in [1.29, 1.82) is 5.41 Å². The minimum Gasteiger partial charge on any atom is -0.386 e. The van der Waals surface area contributed by atoms with Crippen LogP contribution in [-0.2, 0) is 14.8 Å². The van der Waals surface area contributed by atoms with Crippen molar-refractivity contribution in [2.24, 2.45) is 11.7 Å². The molecule has 0 aromatic heterocycles. The lowest BCUT2D eigenvalue weighted by atomic mass is 9.77. The number of nitrogens with one attached hydrogen (secondary N) is 2. The van der Waals surface area contributed by atoms with Crippen molar-refractivity contribution in [3.8, 4) is 0 Å². The molecule has 1 unspecified atom stereocenters. The van der Waals surface area contributed by atoms with E-state index in [1.807, 2.05) is 0 Å². The van der Waals surface area contributed by atoms with E-state index in [1.165, 1.54) is 0 Å². The second-order valence-electron chi connectivity index (χ2n) is 6.20. The zero-order valence-corrected chi connectivity index (χ0v) is 12.8. The van der Waals surface area contributed by atoms with E-state index in [0.29, 0.717) is 25.4 Å². The Kier molecular flexibility index (Phi) is 4.71. The first-order valence-electron chi connectivity index (χ1n) is 7.31. The number of nitrogens with two attached hydrogens (primary N) is 1. The van der Waals surface area contributed by atoms with Crippen molar-refractivity contribution in [1.82, 2.24) is 4.72 Å². The molecule has 0 amide bonds. The van der Waals surface area contributed by atoms with Crippen LogP contribution in [0.15, 0.2) is 0 Å². The Labute approximate surface area is 121 Å². The average Bonchev–Trinajstić information content (AvgIpc) is 2.83. The smallest absolute Gasteiger partial charge is 0.215 e. The maximum absolute atomic E-state index is 12.3. The normalized spacial score (nSPS) is 35.0. The highest BCUT2D eigenvalue weighted by Crippen LogP contribution is 2.32. The van der Waals surface area contributed by atoms with Crippen LogP contribution in [0.25, 0.3) is 0 Å². The topological polar surface area (TPSA) is 105 Å². The molecule has 1 aliphatic heterocycles. The van der Waals surface area contributed by atoms with Crippen molar-refractivity contribution < 1.29 is 13.2 Å². The van der Waals surface area contributed by atoms with E-state index >= 15 is 0 Å². The van der Waals surface area contributed by atoms with Gasteiger partial charge in [-0.3, -0.25) is 5.41 Å². The maximum atomic E-state index is 12.3. The predicted molar refractivity (Wildman–Crippen MR) is 78.2 cm³/mol. The summed E-state index contributed by atoms with van der Waals surface area (Å²) >= 11 is 0. The van der Waals surface area contributed by atoms with Gasteiger partial charge in [0.05, 0.1) is 17.4 Å². The standard InChI is InChI=1S/C13H25N3O3S/c1-10-4-6-13(7-5-10,12(14)15)16-20(17,18)9-11-3-2-8-19-11/h10-11,16H,2-9H2,1H3,(H3,14,15). The number of amidine groups is 1. The third-order valence-electron chi connectivity index (χ3n) is 4.42. The molecule has 1 atom stereocenters. The zero-order chi connectivity index (χ0) is 14.8.